The van der Waals surface area contributed by atoms with Gasteiger partial charge >= 0.3 is 0 Å². The highest BCUT2D eigenvalue weighted by atomic mass is 35.5. The lowest BCUT2D eigenvalue weighted by molar-refractivity contribution is 0.813. The summed E-state index contributed by atoms with van der Waals surface area (Å²) in [5.41, 5.74) is 11.7. The van der Waals surface area contributed by atoms with Crippen LogP contribution in [0.25, 0.3) is 0 Å². The first kappa shape index (κ1) is 13.3. The summed E-state index contributed by atoms with van der Waals surface area (Å²) in [4.78, 5) is 2.37. The minimum Gasteiger partial charge on any atom is -0.399 e. The number of fused-ring (bicyclic) bond motifs is 1. The van der Waals surface area contributed by atoms with Crippen molar-refractivity contribution in [2.24, 2.45) is 0 Å². The fourth-order valence-corrected chi connectivity index (χ4v) is 3.20. The molecule has 0 atom stereocenters. The number of anilines is 2. The maximum Gasteiger partial charge on any atom is 0.0662 e. The van der Waals surface area contributed by atoms with Gasteiger partial charge in [0, 0.05) is 18.8 Å². The third kappa shape index (κ3) is 2.61. The molecule has 0 aliphatic carbocycles. The van der Waals surface area contributed by atoms with Crippen LogP contribution in [0.2, 0.25) is 5.02 Å². The lowest BCUT2D eigenvalue weighted by atomic mass is 10.1. The molecule has 20 heavy (non-hydrogen) atoms. The Balaban J connectivity index is 1.74. The van der Waals surface area contributed by atoms with Gasteiger partial charge in [-0.2, -0.15) is 0 Å². The van der Waals surface area contributed by atoms with Gasteiger partial charge < -0.3 is 10.6 Å². The number of aryl methyl sites for hydroxylation is 1. The van der Waals surface area contributed by atoms with Crippen LogP contribution in [0.5, 0.6) is 0 Å². The fourth-order valence-electron chi connectivity index (χ4n) is 2.83. The molecule has 0 amide bonds. The molecule has 0 bridgehead atoms. The van der Waals surface area contributed by atoms with E-state index in [1.165, 1.54) is 22.4 Å². The number of nitrogens with zero attached hydrogens (tertiary/aromatic N) is 1. The van der Waals surface area contributed by atoms with Gasteiger partial charge in [0.25, 0.3) is 0 Å². The van der Waals surface area contributed by atoms with Crippen molar-refractivity contribution in [3.63, 3.8) is 0 Å². The molecule has 2 N–H and O–H groups in total. The van der Waals surface area contributed by atoms with E-state index in [1.807, 2.05) is 12.1 Å². The maximum absolute atomic E-state index is 6.35. The molecule has 1 heterocycles. The number of rotatable bonds is 3. The van der Waals surface area contributed by atoms with E-state index in [1.54, 1.807) is 0 Å². The monoisotopic (exact) mass is 286 g/mol. The largest absolute Gasteiger partial charge is 0.399 e. The van der Waals surface area contributed by atoms with Gasteiger partial charge in [-0.1, -0.05) is 41.4 Å². The summed E-state index contributed by atoms with van der Waals surface area (Å²) in [6.45, 7) is 4.15. The van der Waals surface area contributed by atoms with Crippen molar-refractivity contribution in [3.05, 3.63) is 58.1 Å². The lowest BCUT2D eigenvalue weighted by Gasteiger charge is -2.20. The first-order chi connectivity index (χ1) is 9.63. The van der Waals surface area contributed by atoms with Gasteiger partial charge in [0.05, 0.1) is 10.7 Å². The molecule has 0 fully saturated rings. The predicted octanol–water partition coefficient (Wildman–Crippen LogP) is 3.84. The molecule has 1 aliphatic rings. The molecule has 0 spiro atoms. The zero-order valence-electron chi connectivity index (χ0n) is 11.7. The second-order valence-electron chi connectivity index (χ2n) is 5.48. The highest BCUT2D eigenvalue weighted by Gasteiger charge is 2.22. The van der Waals surface area contributed by atoms with Crippen molar-refractivity contribution in [1.29, 1.82) is 0 Å². The molecular weight excluding hydrogens is 268 g/mol. The molecule has 3 rings (SSSR count). The van der Waals surface area contributed by atoms with E-state index in [0.29, 0.717) is 0 Å². The van der Waals surface area contributed by atoms with Crippen molar-refractivity contribution >= 4 is 23.0 Å². The van der Waals surface area contributed by atoms with E-state index in [9.17, 15) is 0 Å². The smallest absolute Gasteiger partial charge is 0.0662 e. The first-order valence-electron chi connectivity index (χ1n) is 7.02. The molecule has 0 aromatic heterocycles. The number of benzene rings is 2. The minimum atomic E-state index is 0.758. The minimum absolute atomic E-state index is 0.758. The number of nitrogen functional groups attached to an aromatic ring is 1. The molecule has 2 aromatic carbocycles. The van der Waals surface area contributed by atoms with Crippen molar-refractivity contribution in [2.75, 3.05) is 23.7 Å². The Morgan fingerprint density at radius 1 is 1.20 bits per heavy atom. The Morgan fingerprint density at radius 2 is 1.95 bits per heavy atom. The van der Waals surface area contributed by atoms with E-state index < -0.39 is 0 Å². The van der Waals surface area contributed by atoms with Crippen LogP contribution < -0.4 is 10.6 Å². The second-order valence-corrected chi connectivity index (χ2v) is 5.89. The van der Waals surface area contributed by atoms with Crippen molar-refractivity contribution in [1.82, 2.24) is 0 Å². The summed E-state index contributed by atoms with van der Waals surface area (Å²) >= 11 is 6.35. The Labute approximate surface area is 125 Å². The van der Waals surface area contributed by atoms with Crippen LogP contribution in [0.1, 0.15) is 16.7 Å². The molecule has 2 aromatic rings. The lowest BCUT2D eigenvalue weighted by Crippen LogP contribution is -2.23. The van der Waals surface area contributed by atoms with E-state index >= 15 is 0 Å². The van der Waals surface area contributed by atoms with Gasteiger partial charge in [-0.05, 0) is 43.0 Å². The fraction of sp³-hybridized carbons (Fsp3) is 0.294. The summed E-state index contributed by atoms with van der Waals surface area (Å²) < 4.78 is 0. The first-order valence-corrected chi connectivity index (χ1v) is 7.39. The van der Waals surface area contributed by atoms with E-state index in [4.69, 9.17) is 17.3 Å². The van der Waals surface area contributed by atoms with Crippen molar-refractivity contribution < 1.29 is 0 Å². The topological polar surface area (TPSA) is 29.3 Å². The van der Waals surface area contributed by atoms with Gasteiger partial charge in [0.15, 0.2) is 0 Å². The third-order valence-corrected chi connectivity index (χ3v) is 4.21. The van der Waals surface area contributed by atoms with Crippen LogP contribution in [-0.2, 0) is 12.8 Å². The number of hydrogen-bond acceptors (Lipinski definition) is 2. The average molecular weight is 287 g/mol. The predicted molar refractivity (Wildman–Crippen MR) is 86.7 cm³/mol. The standard InChI is InChI=1S/C17H19ClN2/c1-12-2-4-13(5-3-12)6-8-20-9-7-14-10-15(19)11-16(18)17(14)20/h2-5,10-11H,6-9,19H2,1H3. The summed E-state index contributed by atoms with van der Waals surface area (Å²) in [7, 11) is 0. The van der Waals surface area contributed by atoms with Crippen LogP contribution in [-0.4, -0.2) is 13.1 Å². The molecule has 104 valence electrons. The Hall–Kier alpha value is -1.67. The van der Waals surface area contributed by atoms with Gasteiger partial charge in [0.2, 0.25) is 0 Å². The Kier molecular flexibility index (Phi) is 3.58. The Morgan fingerprint density at radius 3 is 2.70 bits per heavy atom. The summed E-state index contributed by atoms with van der Waals surface area (Å²) in [5, 5.41) is 0.779. The highest BCUT2D eigenvalue weighted by molar-refractivity contribution is 6.33. The molecule has 3 heteroatoms. The normalized spacial score (nSPS) is 13.6. The summed E-state index contributed by atoms with van der Waals surface area (Å²) in [6.07, 6.45) is 2.08. The zero-order valence-corrected chi connectivity index (χ0v) is 12.5. The summed E-state index contributed by atoms with van der Waals surface area (Å²) in [5.74, 6) is 0. The van der Waals surface area contributed by atoms with Crippen LogP contribution in [0.4, 0.5) is 11.4 Å². The van der Waals surface area contributed by atoms with E-state index in [-0.39, 0.29) is 0 Å². The third-order valence-electron chi connectivity index (χ3n) is 3.92. The summed E-state index contributed by atoms with van der Waals surface area (Å²) in [6, 6.07) is 12.6. The van der Waals surface area contributed by atoms with Gasteiger partial charge in [0.1, 0.15) is 0 Å². The average Bonchev–Trinajstić information content (AvgIpc) is 2.81. The van der Waals surface area contributed by atoms with Crippen LogP contribution in [0.15, 0.2) is 36.4 Å². The van der Waals surface area contributed by atoms with E-state index in [2.05, 4.69) is 36.1 Å². The van der Waals surface area contributed by atoms with E-state index in [0.717, 1.165) is 36.6 Å². The molecule has 0 unspecified atom stereocenters. The highest BCUT2D eigenvalue weighted by Crippen LogP contribution is 2.37. The molecular formula is C17H19ClN2. The van der Waals surface area contributed by atoms with Gasteiger partial charge in [-0.3, -0.25) is 0 Å². The molecule has 0 saturated heterocycles. The van der Waals surface area contributed by atoms with Gasteiger partial charge in [-0.25, -0.2) is 0 Å². The SMILES string of the molecule is Cc1ccc(CCN2CCc3cc(N)cc(Cl)c32)cc1. The Bertz CT molecular complexity index is 620. The number of halogens is 1. The van der Waals surface area contributed by atoms with Crippen LogP contribution >= 0.6 is 11.6 Å². The molecule has 1 aliphatic heterocycles. The maximum atomic E-state index is 6.35. The molecule has 0 saturated carbocycles. The van der Waals surface area contributed by atoms with Crippen LogP contribution in [0, 0.1) is 6.92 Å². The van der Waals surface area contributed by atoms with Crippen molar-refractivity contribution in [3.8, 4) is 0 Å². The van der Waals surface area contributed by atoms with Crippen LogP contribution in [0.3, 0.4) is 0 Å². The quantitative estimate of drug-likeness (QED) is 0.869. The molecule has 2 nitrogen and oxygen atoms in total. The van der Waals surface area contributed by atoms with Gasteiger partial charge in [-0.15, -0.1) is 0 Å². The zero-order chi connectivity index (χ0) is 14.1. The molecule has 0 radical (unpaired) electrons. The number of hydrogen-bond donors (Lipinski definition) is 1. The van der Waals surface area contributed by atoms with Crippen molar-refractivity contribution in [2.45, 2.75) is 19.8 Å². The number of nitrogens with two attached hydrogens (primary N) is 1. The second kappa shape index (κ2) is 5.37.